The van der Waals surface area contributed by atoms with Crippen molar-refractivity contribution >= 4 is 68.3 Å². The molecule has 0 spiro atoms. The van der Waals surface area contributed by atoms with E-state index in [0.717, 1.165) is 0 Å². The van der Waals surface area contributed by atoms with E-state index >= 15 is 0 Å². The van der Waals surface area contributed by atoms with Crippen molar-refractivity contribution in [3.05, 3.63) is 59.7 Å². The first-order valence-corrected chi connectivity index (χ1v) is 19.4. The summed E-state index contributed by atoms with van der Waals surface area (Å²) in [6.45, 7) is 20.1. The molecule has 0 unspecified atom stereocenters. The molecule has 2 rings (SSSR count). The van der Waals surface area contributed by atoms with Crippen molar-refractivity contribution in [1.29, 1.82) is 0 Å². The summed E-state index contributed by atoms with van der Waals surface area (Å²) >= 11 is 0. The third kappa shape index (κ3) is 22.6. The minimum atomic E-state index is -4.27. The second-order valence-electron chi connectivity index (χ2n) is 15.7. The Labute approximate surface area is 329 Å². The van der Waals surface area contributed by atoms with E-state index in [1.165, 1.54) is 48.5 Å². The summed E-state index contributed by atoms with van der Waals surface area (Å²) in [4.78, 5) is 48.6. The first-order chi connectivity index (χ1) is 24.1. The molecule has 0 radical (unpaired) electrons. The molecule has 0 aliphatic rings. The average Bonchev–Trinajstić information content (AvgIpc) is 2.91. The van der Waals surface area contributed by atoms with Crippen molar-refractivity contribution in [3.63, 3.8) is 0 Å². The van der Waals surface area contributed by atoms with E-state index in [1.54, 1.807) is 87.8 Å². The Kier molecular flexibility index (Phi) is 17.9. The molecular formula is C34H55ClN6O12S2. The van der Waals surface area contributed by atoms with Gasteiger partial charge in [-0.05, 0) is 118 Å². The number of nitrogens with two attached hydrogens (primary N) is 2. The summed E-state index contributed by atoms with van der Waals surface area (Å²) in [7, 11) is -8.10. The highest BCUT2D eigenvalue weighted by atomic mass is 35.5. The van der Waals surface area contributed by atoms with Crippen LogP contribution in [0.4, 0.5) is 21.0 Å². The van der Waals surface area contributed by atoms with Crippen molar-refractivity contribution < 1.29 is 55.0 Å². The smallest absolute Gasteiger partial charge is 0.422 e. The number of amides is 2. The van der Waals surface area contributed by atoms with Gasteiger partial charge in [-0.25, -0.2) is 29.0 Å². The van der Waals surface area contributed by atoms with Crippen LogP contribution in [0.2, 0.25) is 0 Å². The largest absolute Gasteiger partial charge is 0.459 e. The first-order valence-electron chi connectivity index (χ1n) is 16.4. The molecule has 0 fully saturated rings. The Hall–Kier alpha value is -4.37. The molecule has 2 amide bonds. The number of ether oxygens (including phenoxy) is 4. The van der Waals surface area contributed by atoms with Gasteiger partial charge in [-0.15, -0.1) is 12.4 Å². The molecule has 2 aromatic carbocycles. The molecule has 0 aliphatic carbocycles. The molecule has 2 atom stereocenters. The van der Waals surface area contributed by atoms with E-state index in [2.05, 4.69) is 14.8 Å². The van der Waals surface area contributed by atoms with E-state index in [9.17, 15) is 36.0 Å². The first kappa shape index (κ1) is 50.6. The molecule has 8 N–H and O–H groups in total. The van der Waals surface area contributed by atoms with Crippen LogP contribution < -0.4 is 30.4 Å². The summed E-state index contributed by atoms with van der Waals surface area (Å²) in [5.74, 6) is -1.28. The number of alkyl carbamates (subject to hydrolysis) is 1. The van der Waals surface area contributed by atoms with E-state index in [4.69, 9.17) is 29.8 Å². The maximum atomic E-state index is 12.7. The zero-order valence-corrected chi connectivity index (χ0v) is 35.5. The fraction of sp³-hybridized carbons (Fsp3) is 0.529. The lowest BCUT2D eigenvalue weighted by Gasteiger charge is -2.26. The second-order valence-corrected chi connectivity index (χ2v) is 18.4. The van der Waals surface area contributed by atoms with Crippen LogP contribution >= 0.6 is 12.4 Å². The summed E-state index contributed by atoms with van der Waals surface area (Å²) in [6.07, 6.45) is -1.96. The molecule has 0 heterocycles. The zero-order valence-electron chi connectivity index (χ0n) is 33.1. The lowest BCUT2D eigenvalue weighted by molar-refractivity contribution is -0.158. The van der Waals surface area contributed by atoms with Gasteiger partial charge in [0, 0.05) is 5.69 Å². The molecular weight excluding hydrogens is 784 g/mol. The van der Waals surface area contributed by atoms with E-state index < -0.39 is 79.0 Å². The molecule has 21 heteroatoms. The predicted octanol–water partition coefficient (Wildman–Crippen LogP) is 4.84. The highest BCUT2D eigenvalue weighted by Crippen LogP contribution is 2.23. The number of benzene rings is 2. The monoisotopic (exact) mass is 838 g/mol. The van der Waals surface area contributed by atoms with Crippen LogP contribution in [0.1, 0.15) is 106 Å². The summed E-state index contributed by atoms with van der Waals surface area (Å²) in [6, 6.07) is 9.42. The number of nitrogens with one attached hydrogen (secondary N) is 4. The van der Waals surface area contributed by atoms with Gasteiger partial charge in [0.2, 0.25) is 0 Å². The van der Waals surface area contributed by atoms with Crippen LogP contribution in [0.25, 0.3) is 0 Å². The fourth-order valence-electron chi connectivity index (χ4n) is 3.82. The Bertz CT molecular complexity index is 1830. The van der Waals surface area contributed by atoms with Gasteiger partial charge in [-0.1, -0.05) is 24.3 Å². The number of carbonyl (C=O) groups excluding carboxylic acids is 4. The Balaban J connectivity index is 0.00000118. The molecule has 0 aliphatic heterocycles. The Morgan fingerprint density at radius 1 is 0.564 bits per heavy atom. The second kappa shape index (κ2) is 19.5. The zero-order chi connectivity index (χ0) is 42.1. The highest BCUT2D eigenvalue weighted by Gasteiger charge is 2.30. The van der Waals surface area contributed by atoms with Crippen LogP contribution in [-0.4, -0.2) is 63.4 Å². The van der Waals surface area contributed by atoms with Gasteiger partial charge in [-0.3, -0.25) is 9.44 Å². The van der Waals surface area contributed by atoms with Crippen LogP contribution in [0.3, 0.4) is 0 Å². The predicted molar refractivity (Wildman–Crippen MR) is 210 cm³/mol. The Morgan fingerprint density at radius 2 is 0.927 bits per heavy atom. The standard InChI is InChI=1S/C22H35N3O8S.C12H19N3O4S.ClH/c1-20(2,3)31-17(26)16(23-18(27)32-21(4,5)6)14-10-12-15(13-11-14)24-34(29,30)25-19(28)33-22(7,8)9;1-12(2,3)19-11(16)10(13)8-4-6-9(7-5-8)15-20(14,17)18;/h10-13,16,24H,1-9H3,(H,23,27)(H,25,28);4-7,10,15H,13H2,1-3H3,(H2,14,17,18);1H/t16-;10-;/m00./s1. The summed E-state index contributed by atoms with van der Waals surface area (Å²) < 4.78 is 72.8. The van der Waals surface area contributed by atoms with Crippen molar-refractivity contribution in [2.24, 2.45) is 10.9 Å². The normalized spacial score (nSPS) is 13.2. The van der Waals surface area contributed by atoms with E-state index in [0.29, 0.717) is 11.1 Å². The molecule has 18 nitrogen and oxygen atoms in total. The van der Waals surface area contributed by atoms with Crippen LogP contribution in [0.15, 0.2) is 48.5 Å². The van der Waals surface area contributed by atoms with Gasteiger partial charge in [0.05, 0.1) is 5.69 Å². The summed E-state index contributed by atoms with van der Waals surface area (Å²) in [5.41, 5.74) is 3.91. The number of halogens is 1. The number of carbonyl (C=O) groups is 4. The SMILES string of the molecule is CC(C)(C)OC(=O)N[C@H](C(=O)OC(C)(C)C)c1ccc(NS(=O)(=O)NC(=O)OC(C)(C)C)cc1.CC(C)(C)OC(=O)[C@@H](N)c1ccc(NS(N)(=O)=O)cc1.Cl. The van der Waals surface area contributed by atoms with Gasteiger partial charge in [-0.2, -0.15) is 16.8 Å². The van der Waals surface area contributed by atoms with E-state index in [1.807, 2.05) is 0 Å². The van der Waals surface area contributed by atoms with E-state index in [-0.39, 0.29) is 23.8 Å². The van der Waals surface area contributed by atoms with Gasteiger partial charge in [0.15, 0.2) is 6.04 Å². The topological polar surface area (TPSA) is 274 Å². The minimum Gasteiger partial charge on any atom is -0.459 e. The lowest BCUT2D eigenvalue weighted by atomic mass is 10.1. The third-order valence-corrected chi connectivity index (χ3v) is 7.07. The van der Waals surface area contributed by atoms with Gasteiger partial charge in [0.1, 0.15) is 28.4 Å². The number of esters is 2. The summed E-state index contributed by atoms with van der Waals surface area (Å²) in [5, 5.41) is 7.33. The quantitative estimate of drug-likeness (QED) is 0.138. The number of anilines is 2. The molecule has 55 heavy (non-hydrogen) atoms. The molecule has 0 aromatic heterocycles. The molecule has 0 saturated heterocycles. The maximum Gasteiger partial charge on any atom is 0.422 e. The van der Waals surface area contributed by atoms with Crippen molar-refractivity contribution in [1.82, 2.24) is 10.0 Å². The molecule has 0 saturated carbocycles. The van der Waals surface area contributed by atoms with Crippen molar-refractivity contribution in [2.45, 2.75) is 118 Å². The molecule has 312 valence electrons. The minimum absolute atomic E-state index is 0. The number of hydrogen-bond acceptors (Lipinski definition) is 13. The van der Waals surface area contributed by atoms with Gasteiger partial charge in [0.25, 0.3) is 10.2 Å². The van der Waals surface area contributed by atoms with Gasteiger partial charge >= 0.3 is 34.3 Å². The fourth-order valence-corrected chi connectivity index (χ4v) is 5.04. The van der Waals surface area contributed by atoms with Gasteiger partial charge < -0.3 is 30.0 Å². The lowest BCUT2D eigenvalue weighted by Crippen LogP contribution is -2.40. The maximum absolute atomic E-state index is 12.7. The molecule has 0 bridgehead atoms. The Morgan fingerprint density at radius 3 is 1.33 bits per heavy atom. The van der Waals surface area contributed by atoms with Crippen LogP contribution in [-0.2, 0) is 49.0 Å². The van der Waals surface area contributed by atoms with Crippen LogP contribution in [0, 0.1) is 0 Å². The third-order valence-electron chi connectivity index (χ3n) is 5.61. The average molecular weight is 839 g/mol. The highest BCUT2D eigenvalue weighted by molar-refractivity contribution is 7.91. The molecule has 2 aromatic rings. The van der Waals surface area contributed by atoms with Crippen LogP contribution in [0.5, 0.6) is 0 Å². The van der Waals surface area contributed by atoms with Crippen molar-refractivity contribution in [2.75, 3.05) is 9.44 Å². The van der Waals surface area contributed by atoms with Crippen molar-refractivity contribution in [3.8, 4) is 0 Å². The number of rotatable bonds is 10. The number of hydrogen-bond donors (Lipinski definition) is 6.